The zero-order valence-corrected chi connectivity index (χ0v) is 33.7. The molecule has 3 heteroatoms. The van der Waals surface area contributed by atoms with E-state index < -0.39 is 0 Å². The number of aryl methyl sites for hydroxylation is 1. The van der Waals surface area contributed by atoms with E-state index in [1.807, 2.05) is 0 Å². The van der Waals surface area contributed by atoms with Crippen LogP contribution in [0.1, 0.15) is 70.4 Å². The first kappa shape index (κ1) is 35.1. The van der Waals surface area contributed by atoms with Crippen LogP contribution < -0.4 is 9.80 Å². The van der Waals surface area contributed by atoms with Crippen molar-refractivity contribution in [3.63, 3.8) is 0 Å². The van der Waals surface area contributed by atoms with E-state index in [0.29, 0.717) is 0 Å². The molecule has 0 aliphatic heterocycles. The number of fused-ring (bicyclic) bond motifs is 3. The van der Waals surface area contributed by atoms with Gasteiger partial charge in [-0.25, -0.2) is 0 Å². The number of para-hydroxylation sites is 3. The molecule has 280 valence electrons. The molecular weight excluding hydrogens is 693 g/mol. The molecule has 1 aromatic heterocycles. The highest BCUT2D eigenvalue weighted by atomic mass is 16.3. The van der Waals surface area contributed by atoms with Crippen LogP contribution in [0.2, 0.25) is 0 Å². The van der Waals surface area contributed by atoms with Gasteiger partial charge in [-0.05, 0) is 123 Å². The third kappa shape index (κ3) is 5.71. The summed E-state index contributed by atoms with van der Waals surface area (Å²) in [5, 5.41) is 8.89. The first-order valence-electron chi connectivity index (χ1n) is 20.3. The van der Waals surface area contributed by atoms with Crippen LogP contribution in [0.4, 0.5) is 34.1 Å². The SMILES string of the molecule is CC(C)(C)c1cc2c(N(c3ccccc3)c3cccc4oc5c(c34)C=CCC5)ccc3c(C(C)(C)C)cc4c(N(c5ccccc5)c5ccccc5)ccc1c4c23. The molecule has 0 radical (unpaired) electrons. The molecule has 1 aliphatic carbocycles. The Balaban J connectivity index is 1.37. The summed E-state index contributed by atoms with van der Waals surface area (Å²) in [6.45, 7) is 14.1. The molecule has 9 aromatic rings. The van der Waals surface area contributed by atoms with Gasteiger partial charge in [0.1, 0.15) is 11.3 Å². The third-order valence-corrected chi connectivity index (χ3v) is 11.9. The number of hydrogen-bond donors (Lipinski definition) is 0. The molecule has 0 saturated heterocycles. The molecule has 0 atom stereocenters. The molecule has 0 spiro atoms. The van der Waals surface area contributed by atoms with E-state index in [9.17, 15) is 0 Å². The normalized spacial score (nSPS) is 13.2. The fourth-order valence-electron chi connectivity index (χ4n) is 9.30. The van der Waals surface area contributed by atoms with Crippen LogP contribution >= 0.6 is 0 Å². The van der Waals surface area contributed by atoms with Crippen molar-refractivity contribution in [3.05, 3.63) is 174 Å². The predicted molar refractivity (Wildman–Crippen MR) is 244 cm³/mol. The van der Waals surface area contributed by atoms with Crippen molar-refractivity contribution in [1.82, 2.24) is 0 Å². The molecule has 0 unspecified atom stereocenters. The summed E-state index contributed by atoms with van der Waals surface area (Å²) in [5.41, 5.74) is 11.4. The van der Waals surface area contributed by atoms with Crippen LogP contribution in [-0.2, 0) is 17.3 Å². The van der Waals surface area contributed by atoms with Gasteiger partial charge in [0, 0.05) is 39.8 Å². The fraction of sp³-hybridized carbons (Fsp3) is 0.185. The maximum absolute atomic E-state index is 6.58. The summed E-state index contributed by atoms with van der Waals surface area (Å²) in [5.74, 6) is 1.07. The topological polar surface area (TPSA) is 19.6 Å². The number of furan rings is 1. The number of nitrogens with zero attached hydrogens (tertiary/aromatic N) is 2. The molecule has 0 bridgehead atoms. The number of rotatable bonds is 6. The van der Waals surface area contributed by atoms with Gasteiger partial charge in [0.25, 0.3) is 0 Å². The standard InChI is InChI=1S/C54H48N2O/c1-53(2,3)43-33-41-45(55(35-19-10-7-11-20-35)36-21-12-8-13-22-36)31-29-38-44(54(4,5)6)34-42-46(32-30-39(43)51(42)50(38)41)56(37-23-14-9-15-24-37)47-26-18-28-49-52(47)40-25-16-17-27-48(40)57-49/h7-16,18-26,28-34H,17,27H2,1-6H3. The summed E-state index contributed by atoms with van der Waals surface area (Å²) < 4.78 is 6.58. The first-order valence-corrected chi connectivity index (χ1v) is 20.3. The quantitative estimate of drug-likeness (QED) is 0.158. The molecule has 10 rings (SSSR count). The lowest BCUT2D eigenvalue weighted by Crippen LogP contribution is -2.17. The third-order valence-electron chi connectivity index (χ3n) is 11.9. The maximum atomic E-state index is 6.58. The Hall–Kier alpha value is -6.32. The number of benzene rings is 8. The van der Waals surface area contributed by atoms with Gasteiger partial charge in [0.15, 0.2) is 0 Å². The molecule has 57 heavy (non-hydrogen) atoms. The summed E-state index contributed by atoms with van der Waals surface area (Å²) in [7, 11) is 0. The largest absolute Gasteiger partial charge is 0.460 e. The Morgan fingerprint density at radius 3 is 1.46 bits per heavy atom. The maximum Gasteiger partial charge on any atom is 0.137 e. The molecule has 0 saturated carbocycles. The molecule has 1 heterocycles. The van der Waals surface area contributed by atoms with Crippen molar-refractivity contribution in [1.29, 1.82) is 0 Å². The lowest BCUT2D eigenvalue weighted by molar-refractivity contribution is 0.546. The van der Waals surface area contributed by atoms with Crippen LogP contribution in [0.3, 0.4) is 0 Å². The highest BCUT2D eigenvalue weighted by molar-refractivity contribution is 6.30. The van der Waals surface area contributed by atoms with Crippen molar-refractivity contribution in [2.24, 2.45) is 0 Å². The number of allylic oxidation sites excluding steroid dienone is 1. The second kappa shape index (κ2) is 13.1. The minimum absolute atomic E-state index is 0.120. The summed E-state index contributed by atoms with van der Waals surface area (Å²) in [6, 6.07) is 53.6. The van der Waals surface area contributed by atoms with Crippen LogP contribution in [0.25, 0.3) is 49.4 Å². The van der Waals surface area contributed by atoms with E-state index in [2.05, 4.69) is 209 Å². The van der Waals surface area contributed by atoms with Gasteiger partial charge >= 0.3 is 0 Å². The highest BCUT2D eigenvalue weighted by Crippen LogP contribution is 2.53. The Labute approximate surface area is 335 Å². The van der Waals surface area contributed by atoms with E-state index >= 15 is 0 Å². The van der Waals surface area contributed by atoms with Crippen molar-refractivity contribution >= 4 is 83.5 Å². The van der Waals surface area contributed by atoms with Gasteiger partial charge in [0.05, 0.1) is 22.4 Å². The lowest BCUT2D eigenvalue weighted by Gasteiger charge is -2.33. The van der Waals surface area contributed by atoms with Crippen LogP contribution in [0.15, 0.2) is 156 Å². The van der Waals surface area contributed by atoms with Gasteiger partial charge < -0.3 is 14.2 Å². The van der Waals surface area contributed by atoms with Crippen LogP contribution in [-0.4, -0.2) is 0 Å². The highest BCUT2D eigenvalue weighted by Gasteiger charge is 2.30. The van der Waals surface area contributed by atoms with E-state index in [1.165, 1.54) is 54.7 Å². The summed E-state index contributed by atoms with van der Waals surface area (Å²) >= 11 is 0. The summed E-state index contributed by atoms with van der Waals surface area (Å²) in [4.78, 5) is 4.92. The molecule has 0 amide bonds. The molecule has 3 nitrogen and oxygen atoms in total. The monoisotopic (exact) mass is 740 g/mol. The number of hydrogen-bond acceptors (Lipinski definition) is 3. The lowest BCUT2D eigenvalue weighted by atomic mass is 9.76. The zero-order chi connectivity index (χ0) is 39.1. The Kier molecular flexibility index (Phi) is 8.09. The van der Waals surface area contributed by atoms with E-state index in [-0.39, 0.29) is 10.8 Å². The molecule has 0 fully saturated rings. The minimum atomic E-state index is -0.126. The average Bonchev–Trinajstić information content (AvgIpc) is 3.60. The van der Waals surface area contributed by atoms with Crippen LogP contribution in [0.5, 0.6) is 0 Å². The molecule has 0 N–H and O–H groups in total. The Bertz CT molecular complexity index is 2920. The first-order chi connectivity index (χ1) is 27.6. The molecule has 1 aliphatic rings. The van der Waals surface area contributed by atoms with Crippen molar-refractivity contribution in [2.45, 2.75) is 65.2 Å². The van der Waals surface area contributed by atoms with Gasteiger partial charge in [-0.1, -0.05) is 126 Å². The van der Waals surface area contributed by atoms with Gasteiger partial charge in [-0.2, -0.15) is 0 Å². The second-order valence-corrected chi connectivity index (χ2v) is 17.7. The Morgan fingerprint density at radius 2 is 0.947 bits per heavy atom. The fourth-order valence-corrected chi connectivity index (χ4v) is 9.30. The smallest absolute Gasteiger partial charge is 0.137 e. The van der Waals surface area contributed by atoms with Gasteiger partial charge in [-0.15, -0.1) is 0 Å². The van der Waals surface area contributed by atoms with Crippen molar-refractivity contribution < 1.29 is 4.42 Å². The summed E-state index contributed by atoms with van der Waals surface area (Å²) in [6.07, 6.45) is 6.47. The van der Waals surface area contributed by atoms with Gasteiger partial charge in [-0.3, -0.25) is 0 Å². The second-order valence-electron chi connectivity index (χ2n) is 17.7. The average molecular weight is 741 g/mol. The van der Waals surface area contributed by atoms with E-state index in [4.69, 9.17) is 4.42 Å². The van der Waals surface area contributed by atoms with E-state index in [1.54, 1.807) is 0 Å². The Morgan fingerprint density at radius 1 is 0.456 bits per heavy atom. The van der Waals surface area contributed by atoms with Crippen molar-refractivity contribution in [2.75, 3.05) is 9.80 Å². The van der Waals surface area contributed by atoms with Crippen molar-refractivity contribution in [3.8, 4) is 0 Å². The zero-order valence-electron chi connectivity index (χ0n) is 33.7. The molecular formula is C54H48N2O. The minimum Gasteiger partial charge on any atom is -0.460 e. The molecule has 8 aromatic carbocycles. The van der Waals surface area contributed by atoms with Gasteiger partial charge in [0.2, 0.25) is 0 Å². The van der Waals surface area contributed by atoms with Crippen LogP contribution in [0, 0.1) is 0 Å². The number of anilines is 6. The van der Waals surface area contributed by atoms with E-state index in [0.717, 1.165) is 58.0 Å². The predicted octanol–water partition coefficient (Wildman–Crippen LogP) is 15.8.